The molecule has 0 fully saturated rings. The van der Waals surface area contributed by atoms with Gasteiger partial charge in [0.25, 0.3) is 11.8 Å². The van der Waals surface area contributed by atoms with Crippen LogP contribution in [-0.4, -0.2) is 54.9 Å². The first-order chi connectivity index (χ1) is 11.4. The normalized spacial score (nSPS) is 14.7. The highest BCUT2D eigenvalue weighted by molar-refractivity contribution is 6.12. The second kappa shape index (κ2) is 8.22. The molecular weight excluding hydrogens is 302 g/mol. The number of unbranched alkanes of at least 4 members (excludes halogenated alkanes) is 1. The first-order valence-electron chi connectivity index (χ1n) is 8.55. The highest BCUT2D eigenvalue weighted by Gasteiger charge is 2.26. The minimum atomic E-state index is -0.207. The maximum absolute atomic E-state index is 11.6. The van der Waals surface area contributed by atoms with Crippen LogP contribution in [0.5, 0.6) is 0 Å². The molecule has 0 saturated heterocycles. The van der Waals surface area contributed by atoms with Crippen LogP contribution in [0.1, 0.15) is 24.0 Å². The summed E-state index contributed by atoms with van der Waals surface area (Å²) < 4.78 is 0.726. The summed E-state index contributed by atoms with van der Waals surface area (Å²) >= 11 is 0. The Hall–Kier alpha value is -1.98. The van der Waals surface area contributed by atoms with E-state index in [-0.39, 0.29) is 11.8 Å². The highest BCUT2D eigenvalue weighted by Crippen LogP contribution is 2.13. The van der Waals surface area contributed by atoms with Gasteiger partial charge in [-0.3, -0.25) is 14.5 Å². The van der Waals surface area contributed by atoms with Crippen LogP contribution in [-0.2, 0) is 22.6 Å². The van der Waals surface area contributed by atoms with Gasteiger partial charge in [-0.15, -0.1) is 0 Å². The smallest absolute Gasteiger partial charge is 0.253 e. The molecule has 0 aromatic heterocycles. The lowest BCUT2D eigenvalue weighted by Gasteiger charge is -2.31. The fraction of sp³-hybridized carbons (Fsp3) is 0.474. The molecule has 130 valence electrons. The minimum absolute atomic E-state index is 0.207. The largest absolute Gasteiger partial charge is 0.330 e. The van der Waals surface area contributed by atoms with Crippen molar-refractivity contribution in [3.05, 3.63) is 47.5 Å². The Morgan fingerprint density at radius 3 is 2.12 bits per heavy atom. The summed E-state index contributed by atoms with van der Waals surface area (Å²) in [6.07, 6.45) is 5.94. The van der Waals surface area contributed by atoms with Crippen molar-refractivity contribution in [1.82, 2.24) is 4.90 Å². The van der Waals surface area contributed by atoms with Crippen LogP contribution in [0.15, 0.2) is 36.4 Å². The molecule has 1 aliphatic heterocycles. The number of rotatable bonds is 9. The van der Waals surface area contributed by atoms with Gasteiger partial charge in [0.15, 0.2) is 0 Å². The van der Waals surface area contributed by atoms with Gasteiger partial charge in [-0.05, 0) is 31.4 Å². The number of aryl methyl sites for hydroxylation is 1. The van der Waals surface area contributed by atoms with Crippen LogP contribution >= 0.6 is 0 Å². The third-order valence-electron chi connectivity index (χ3n) is 4.38. The monoisotopic (exact) mass is 330 g/mol. The summed E-state index contributed by atoms with van der Waals surface area (Å²) in [6, 6.07) is 8.71. The van der Waals surface area contributed by atoms with Gasteiger partial charge in [-0.2, -0.15) is 0 Å². The molecule has 0 unspecified atom stereocenters. The highest BCUT2D eigenvalue weighted by atomic mass is 16.2. The minimum Gasteiger partial charge on any atom is -0.330 e. The Balaban J connectivity index is 1.84. The summed E-state index contributed by atoms with van der Waals surface area (Å²) in [4.78, 5) is 24.5. The van der Waals surface area contributed by atoms with Gasteiger partial charge in [-0.1, -0.05) is 24.3 Å². The molecule has 1 aromatic rings. The number of hydrogen-bond donors (Lipinski definition) is 1. The standard InChI is InChI=1S/C19H28N3O2/c1-22(2,14-13-21-18(23)10-11-19(21)24)15-17-8-6-16(7-9-17)5-3-4-12-20/h6-11H,3-5,12-15,20H2,1-2H3/q+1. The summed E-state index contributed by atoms with van der Waals surface area (Å²) in [5.41, 5.74) is 8.13. The average molecular weight is 330 g/mol. The van der Waals surface area contributed by atoms with E-state index in [0.717, 1.165) is 43.4 Å². The van der Waals surface area contributed by atoms with Gasteiger partial charge in [0.1, 0.15) is 6.54 Å². The molecule has 0 bridgehead atoms. The molecule has 2 N–H and O–H groups in total. The molecule has 24 heavy (non-hydrogen) atoms. The molecule has 0 aliphatic carbocycles. The van der Waals surface area contributed by atoms with E-state index < -0.39 is 0 Å². The van der Waals surface area contributed by atoms with Gasteiger partial charge in [0.2, 0.25) is 0 Å². The quantitative estimate of drug-likeness (QED) is 0.424. The number of likely N-dealkylation sites (N-methyl/N-ethyl adjacent to an activating group) is 1. The fourth-order valence-corrected chi connectivity index (χ4v) is 2.88. The third kappa shape index (κ3) is 5.28. The molecule has 5 nitrogen and oxygen atoms in total. The zero-order valence-corrected chi connectivity index (χ0v) is 14.7. The van der Waals surface area contributed by atoms with Crippen molar-refractivity contribution in [2.24, 2.45) is 5.73 Å². The van der Waals surface area contributed by atoms with Gasteiger partial charge in [0.05, 0.1) is 27.2 Å². The van der Waals surface area contributed by atoms with E-state index in [4.69, 9.17) is 5.73 Å². The average Bonchev–Trinajstić information content (AvgIpc) is 2.86. The molecule has 1 aromatic carbocycles. The van der Waals surface area contributed by atoms with Crippen molar-refractivity contribution < 1.29 is 14.1 Å². The molecule has 0 radical (unpaired) electrons. The van der Waals surface area contributed by atoms with E-state index in [2.05, 4.69) is 38.4 Å². The molecule has 0 atom stereocenters. The second-order valence-corrected chi connectivity index (χ2v) is 7.04. The Morgan fingerprint density at radius 1 is 0.958 bits per heavy atom. The summed E-state index contributed by atoms with van der Waals surface area (Å²) in [7, 11) is 4.24. The fourth-order valence-electron chi connectivity index (χ4n) is 2.88. The van der Waals surface area contributed by atoms with E-state index in [1.807, 2.05) is 0 Å². The predicted molar refractivity (Wildman–Crippen MR) is 95.0 cm³/mol. The zero-order valence-electron chi connectivity index (χ0n) is 14.7. The van der Waals surface area contributed by atoms with Crippen molar-refractivity contribution in [2.75, 3.05) is 33.7 Å². The van der Waals surface area contributed by atoms with Crippen molar-refractivity contribution in [1.29, 1.82) is 0 Å². The first kappa shape index (κ1) is 18.4. The number of amides is 2. The van der Waals surface area contributed by atoms with Crippen LogP contribution in [0, 0.1) is 0 Å². The number of nitrogens with zero attached hydrogens (tertiary/aromatic N) is 2. The number of carbonyl (C=O) groups excluding carboxylic acids is 2. The molecule has 1 aliphatic rings. The van der Waals surface area contributed by atoms with E-state index >= 15 is 0 Å². The van der Waals surface area contributed by atoms with Gasteiger partial charge in [-0.25, -0.2) is 0 Å². The van der Waals surface area contributed by atoms with Crippen LogP contribution in [0.2, 0.25) is 0 Å². The SMILES string of the molecule is C[N+](C)(CCN1C(=O)C=CC1=O)Cc1ccc(CCCCN)cc1. The van der Waals surface area contributed by atoms with Crippen LogP contribution in [0.4, 0.5) is 0 Å². The number of carbonyl (C=O) groups is 2. The second-order valence-electron chi connectivity index (χ2n) is 7.04. The van der Waals surface area contributed by atoms with Gasteiger partial charge in [0, 0.05) is 17.7 Å². The lowest BCUT2D eigenvalue weighted by molar-refractivity contribution is -0.902. The maximum Gasteiger partial charge on any atom is 0.253 e. The van der Waals surface area contributed by atoms with E-state index in [1.54, 1.807) is 0 Å². The summed E-state index contributed by atoms with van der Waals surface area (Å²) in [6.45, 7) is 2.81. The zero-order chi connectivity index (χ0) is 17.6. The molecule has 5 heteroatoms. The number of nitrogens with two attached hydrogens (primary N) is 1. The van der Waals surface area contributed by atoms with E-state index in [0.29, 0.717) is 6.54 Å². The predicted octanol–water partition coefficient (Wildman–Crippen LogP) is 1.47. The molecule has 0 saturated carbocycles. The van der Waals surface area contributed by atoms with Gasteiger partial charge < -0.3 is 10.2 Å². The number of quaternary nitrogens is 1. The van der Waals surface area contributed by atoms with Crippen molar-refractivity contribution in [2.45, 2.75) is 25.8 Å². The molecule has 0 spiro atoms. The maximum atomic E-state index is 11.6. The Bertz CT molecular complexity index is 588. The van der Waals surface area contributed by atoms with Crippen molar-refractivity contribution in [3.8, 4) is 0 Å². The summed E-state index contributed by atoms with van der Waals surface area (Å²) in [5, 5.41) is 0. The molecule has 2 rings (SSSR count). The lowest BCUT2D eigenvalue weighted by Crippen LogP contribution is -2.46. The van der Waals surface area contributed by atoms with Crippen molar-refractivity contribution >= 4 is 11.8 Å². The number of benzene rings is 1. The Morgan fingerprint density at radius 2 is 1.54 bits per heavy atom. The molecule has 2 amide bonds. The Kier molecular flexibility index (Phi) is 6.29. The third-order valence-corrected chi connectivity index (χ3v) is 4.38. The Labute approximate surface area is 144 Å². The lowest BCUT2D eigenvalue weighted by atomic mass is 10.1. The van der Waals surface area contributed by atoms with Gasteiger partial charge >= 0.3 is 0 Å². The van der Waals surface area contributed by atoms with Crippen LogP contribution in [0.25, 0.3) is 0 Å². The molecule has 1 heterocycles. The van der Waals surface area contributed by atoms with Crippen LogP contribution in [0.3, 0.4) is 0 Å². The molecular formula is C19H28N3O2+. The van der Waals surface area contributed by atoms with E-state index in [9.17, 15) is 9.59 Å². The number of imide groups is 1. The van der Waals surface area contributed by atoms with Crippen molar-refractivity contribution in [3.63, 3.8) is 0 Å². The summed E-state index contributed by atoms with van der Waals surface area (Å²) in [5.74, 6) is -0.413. The first-order valence-corrected chi connectivity index (χ1v) is 8.55. The number of hydrogen-bond acceptors (Lipinski definition) is 3. The van der Waals surface area contributed by atoms with E-state index in [1.165, 1.54) is 28.2 Å². The topological polar surface area (TPSA) is 63.4 Å². The van der Waals surface area contributed by atoms with Crippen LogP contribution < -0.4 is 5.73 Å².